The number of hydrogen-bond acceptors (Lipinski definition) is 4. The maximum absolute atomic E-state index is 12.2. The van der Waals surface area contributed by atoms with E-state index in [0.29, 0.717) is 38.5 Å². The second-order valence-corrected chi connectivity index (χ2v) is 5.82. The summed E-state index contributed by atoms with van der Waals surface area (Å²) in [6.07, 6.45) is 5.99. The molecular weight excluding hydrogens is 280 g/mol. The topological polar surface area (TPSA) is 60.4 Å². The molecule has 122 valence electrons. The van der Waals surface area contributed by atoms with Crippen LogP contribution in [-0.2, 0) is 19.1 Å². The van der Waals surface area contributed by atoms with Crippen molar-refractivity contribution >= 4 is 17.5 Å². The van der Waals surface area contributed by atoms with Crippen LogP contribution >= 0.6 is 0 Å². The first-order valence-electron chi connectivity index (χ1n) is 8.16. The van der Waals surface area contributed by atoms with E-state index in [1.165, 1.54) is 7.11 Å². The molecule has 0 heterocycles. The van der Waals surface area contributed by atoms with Crippen LogP contribution in [0.25, 0.3) is 0 Å². The Labute approximate surface area is 133 Å². The van der Waals surface area contributed by atoms with Crippen molar-refractivity contribution in [1.29, 1.82) is 0 Å². The maximum atomic E-state index is 12.2. The molecule has 0 aromatic heterocycles. The van der Waals surface area contributed by atoms with E-state index in [1.807, 2.05) is 0 Å². The number of rotatable bonds is 8. The van der Waals surface area contributed by atoms with E-state index in [9.17, 15) is 14.4 Å². The smallest absolute Gasteiger partial charge is 0.305 e. The van der Waals surface area contributed by atoms with Crippen molar-refractivity contribution in [3.63, 3.8) is 0 Å². The molecule has 22 heavy (non-hydrogen) atoms. The van der Waals surface area contributed by atoms with Crippen LogP contribution in [0.1, 0.15) is 71.1 Å². The first-order valence-corrected chi connectivity index (χ1v) is 8.16. The molecule has 1 fully saturated rings. The Bertz CT molecular complexity index is 451. The predicted octanol–water partition coefficient (Wildman–Crippen LogP) is 3.22. The quantitative estimate of drug-likeness (QED) is 0.299. The lowest BCUT2D eigenvalue weighted by atomic mass is 9.75. The molecule has 0 radical (unpaired) electrons. The van der Waals surface area contributed by atoms with E-state index in [2.05, 4.69) is 23.5 Å². The Morgan fingerprint density at radius 3 is 2.32 bits per heavy atom. The fraction of sp³-hybridized carbons (Fsp3) is 0.722. The van der Waals surface area contributed by atoms with Crippen molar-refractivity contribution in [2.24, 2.45) is 5.41 Å². The molecule has 4 nitrogen and oxygen atoms in total. The standard InChI is InChI=1S/C18H26O4/c1-3-4-5-6-7-8-13-18(14-9-10-17(21)22-2)15(19)11-12-16(18)20/h3-5,8-14H2,1-2H3. The largest absolute Gasteiger partial charge is 0.469 e. The van der Waals surface area contributed by atoms with Crippen molar-refractivity contribution in [3.05, 3.63) is 0 Å². The lowest BCUT2D eigenvalue weighted by Crippen LogP contribution is -2.33. The number of esters is 1. The first-order chi connectivity index (χ1) is 10.6. The number of Topliss-reactive ketones (excluding diaryl/α,β-unsaturated/α-hetero) is 2. The fourth-order valence-electron chi connectivity index (χ4n) is 2.90. The molecule has 1 aliphatic rings. The van der Waals surface area contributed by atoms with E-state index < -0.39 is 5.41 Å². The summed E-state index contributed by atoms with van der Waals surface area (Å²) >= 11 is 0. The van der Waals surface area contributed by atoms with Gasteiger partial charge in [-0.25, -0.2) is 0 Å². The highest BCUT2D eigenvalue weighted by Gasteiger charge is 2.47. The minimum atomic E-state index is -0.895. The van der Waals surface area contributed by atoms with Gasteiger partial charge in [0.05, 0.1) is 12.5 Å². The van der Waals surface area contributed by atoms with Gasteiger partial charge in [-0.3, -0.25) is 14.4 Å². The third-order valence-corrected chi connectivity index (χ3v) is 4.32. The van der Waals surface area contributed by atoms with Crippen molar-refractivity contribution in [2.75, 3.05) is 7.11 Å². The zero-order valence-electron chi connectivity index (χ0n) is 13.7. The van der Waals surface area contributed by atoms with Gasteiger partial charge < -0.3 is 4.74 Å². The summed E-state index contributed by atoms with van der Waals surface area (Å²) in [6, 6.07) is 0. The van der Waals surface area contributed by atoms with Gasteiger partial charge in [-0.15, -0.1) is 11.8 Å². The second-order valence-electron chi connectivity index (χ2n) is 5.82. The van der Waals surface area contributed by atoms with Crippen LogP contribution in [0.5, 0.6) is 0 Å². The van der Waals surface area contributed by atoms with Crippen LogP contribution in [0, 0.1) is 17.3 Å². The molecule has 0 bridgehead atoms. The summed E-state index contributed by atoms with van der Waals surface area (Å²) < 4.78 is 4.61. The van der Waals surface area contributed by atoms with Crippen LogP contribution in [-0.4, -0.2) is 24.6 Å². The van der Waals surface area contributed by atoms with Crippen LogP contribution < -0.4 is 0 Å². The predicted molar refractivity (Wildman–Crippen MR) is 84.1 cm³/mol. The summed E-state index contributed by atoms with van der Waals surface area (Å²) in [5.74, 6) is 5.92. The number of unbranched alkanes of at least 4 members (excludes halogenated alkanes) is 2. The number of ether oxygens (including phenoxy) is 1. The minimum Gasteiger partial charge on any atom is -0.469 e. The average Bonchev–Trinajstić information content (AvgIpc) is 2.79. The summed E-state index contributed by atoms with van der Waals surface area (Å²) in [5.41, 5.74) is -0.895. The van der Waals surface area contributed by atoms with Gasteiger partial charge in [-0.05, 0) is 25.7 Å². The molecule has 0 unspecified atom stereocenters. The molecule has 0 amide bonds. The second kappa shape index (κ2) is 9.40. The van der Waals surface area contributed by atoms with Gasteiger partial charge in [0, 0.05) is 32.1 Å². The number of ketones is 2. The monoisotopic (exact) mass is 306 g/mol. The number of carbonyl (C=O) groups excluding carboxylic acids is 3. The van der Waals surface area contributed by atoms with E-state index in [0.717, 1.165) is 19.3 Å². The molecule has 0 aromatic carbocycles. The molecule has 1 saturated carbocycles. The van der Waals surface area contributed by atoms with Gasteiger partial charge in [0.25, 0.3) is 0 Å². The highest BCUT2D eigenvalue weighted by atomic mass is 16.5. The number of methoxy groups -OCH3 is 1. The summed E-state index contributed by atoms with van der Waals surface area (Å²) in [7, 11) is 1.34. The van der Waals surface area contributed by atoms with Crippen LogP contribution in [0.15, 0.2) is 0 Å². The maximum Gasteiger partial charge on any atom is 0.305 e. The number of hydrogen-bond donors (Lipinski definition) is 0. The van der Waals surface area contributed by atoms with Crippen LogP contribution in [0.4, 0.5) is 0 Å². The lowest BCUT2D eigenvalue weighted by Gasteiger charge is -2.24. The van der Waals surface area contributed by atoms with Gasteiger partial charge in [0.2, 0.25) is 0 Å². The van der Waals surface area contributed by atoms with Crippen molar-refractivity contribution in [2.45, 2.75) is 71.1 Å². The molecular formula is C18H26O4. The molecule has 0 saturated heterocycles. The van der Waals surface area contributed by atoms with Gasteiger partial charge in [-0.2, -0.15) is 0 Å². The molecule has 4 heteroatoms. The van der Waals surface area contributed by atoms with E-state index in [4.69, 9.17) is 0 Å². The normalized spacial score (nSPS) is 16.3. The van der Waals surface area contributed by atoms with Gasteiger partial charge in [0.1, 0.15) is 11.6 Å². The summed E-state index contributed by atoms with van der Waals surface area (Å²) in [5, 5.41) is 0. The Hall–Kier alpha value is -1.63. The summed E-state index contributed by atoms with van der Waals surface area (Å²) in [4.78, 5) is 35.7. The molecule has 0 aliphatic heterocycles. The lowest BCUT2D eigenvalue weighted by molar-refractivity contribution is -0.142. The SMILES string of the molecule is CCCCC#CCCC1(CCCC(=O)OC)C(=O)CCC1=O. The Morgan fingerprint density at radius 2 is 1.73 bits per heavy atom. The van der Waals surface area contributed by atoms with Gasteiger partial charge in [-0.1, -0.05) is 13.3 Å². The number of carbonyl (C=O) groups is 3. The van der Waals surface area contributed by atoms with E-state index in [-0.39, 0.29) is 24.0 Å². The van der Waals surface area contributed by atoms with Gasteiger partial charge >= 0.3 is 5.97 Å². The van der Waals surface area contributed by atoms with Crippen molar-refractivity contribution < 1.29 is 19.1 Å². The molecule has 1 rings (SSSR count). The Morgan fingerprint density at radius 1 is 1.09 bits per heavy atom. The third-order valence-electron chi connectivity index (χ3n) is 4.32. The molecule has 0 spiro atoms. The van der Waals surface area contributed by atoms with Crippen LogP contribution in [0.3, 0.4) is 0 Å². The van der Waals surface area contributed by atoms with Crippen LogP contribution in [0.2, 0.25) is 0 Å². The third kappa shape index (κ3) is 4.98. The van der Waals surface area contributed by atoms with E-state index >= 15 is 0 Å². The fourth-order valence-corrected chi connectivity index (χ4v) is 2.90. The molecule has 0 atom stereocenters. The molecule has 0 N–H and O–H groups in total. The Balaban J connectivity index is 2.59. The molecule has 1 aliphatic carbocycles. The highest BCUT2D eigenvalue weighted by molar-refractivity contribution is 6.12. The Kier molecular flexibility index (Phi) is 7.87. The summed E-state index contributed by atoms with van der Waals surface area (Å²) in [6.45, 7) is 2.12. The van der Waals surface area contributed by atoms with Crippen molar-refractivity contribution in [1.82, 2.24) is 0 Å². The van der Waals surface area contributed by atoms with E-state index in [1.54, 1.807) is 0 Å². The highest BCUT2D eigenvalue weighted by Crippen LogP contribution is 2.40. The van der Waals surface area contributed by atoms with Crippen molar-refractivity contribution in [3.8, 4) is 11.8 Å². The first kappa shape index (κ1) is 18.4. The minimum absolute atomic E-state index is 0.0257. The average molecular weight is 306 g/mol. The molecule has 0 aromatic rings. The zero-order valence-corrected chi connectivity index (χ0v) is 13.7. The van der Waals surface area contributed by atoms with Gasteiger partial charge in [0.15, 0.2) is 0 Å². The zero-order chi connectivity index (χ0) is 16.4.